The molecule has 1 heterocycles. The number of benzene rings is 2. The monoisotopic (exact) mass is 576 g/mol. The second kappa shape index (κ2) is 14.1. The van der Waals surface area contributed by atoms with Crippen LogP contribution in [0.15, 0.2) is 42.5 Å². The Bertz CT molecular complexity index is 1210. The average Bonchev–Trinajstić information content (AvgIpc) is 2.87. The van der Waals surface area contributed by atoms with Gasteiger partial charge in [-0.05, 0) is 48.2 Å². The third kappa shape index (κ3) is 8.43. The molecular formula is C29H33ClO10. The van der Waals surface area contributed by atoms with E-state index in [0.717, 1.165) is 16.9 Å². The Kier molecular flexibility index (Phi) is 10.9. The van der Waals surface area contributed by atoms with Crippen LogP contribution in [0.25, 0.3) is 0 Å². The number of esters is 4. The molecule has 3 unspecified atom stereocenters. The number of hydrogen-bond donors (Lipinski definition) is 0. The van der Waals surface area contributed by atoms with Crippen LogP contribution in [0.2, 0.25) is 5.02 Å². The first-order valence-corrected chi connectivity index (χ1v) is 13.2. The molecule has 0 N–H and O–H groups in total. The molecule has 10 nitrogen and oxygen atoms in total. The smallest absolute Gasteiger partial charge is 0.303 e. The van der Waals surface area contributed by atoms with Gasteiger partial charge in [-0.1, -0.05) is 35.9 Å². The number of carbonyl (C=O) groups excluding carboxylic acids is 4. The van der Waals surface area contributed by atoms with Crippen molar-refractivity contribution in [3.05, 3.63) is 64.2 Å². The molecule has 0 aliphatic carbocycles. The van der Waals surface area contributed by atoms with Crippen molar-refractivity contribution in [2.75, 3.05) is 13.2 Å². The predicted molar refractivity (Wildman–Crippen MR) is 143 cm³/mol. The maximum Gasteiger partial charge on any atom is 0.303 e. The molecule has 1 fully saturated rings. The van der Waals surface area contributed by atoms with Crippen molar-refractivity contribution < 1.29 is 47.6 Å². The zero-order chi connectivity index (χ0) is 29.4. The van der Waals surface area contributed by atoms with Crippen LogP contribution in [-0.4, -0.2) is 61.5 Å². The lowest BCUT2D eigenvalue weighted by molar-refractivity contribution is -0.254. The van der Waals surface area contributed by atoms with Gasteiger partial charge < -0.3 is 28.4 Å². The Labute approximate surface area is 237 Å². The summed E-state index contributed by atoms with van der Waals surface area (Å²) in [5, 5.41) is 0.503. The minimum atomic E-state index is -1.25. The molecule has 2 aromatic carbocycles. The fourth-order valence-electron chi connectivity index (χ4n) is 4.49. The van der Waals surface area contributed by atoms with Crippen LogP contribution in [0.5, 0.6) is 5.75 Å². The summed E-state index contributed by atoms with van der Waals surface area (Å²) in [6.07, 6.45) is -5.23. The van der Waals surface area contributed by atoms with Crippen molar-refractivity contribution >= 4 is 35.5 Å². The second-order valence-corrected chi connectivity index (χ2v) is 9.63. The van der Waals surface area contributed by atoms with E-state index >= 15 is 0 Å². The maximum atomic E-state index is 12.2. The average molecular weight is 577 g/mol. The van der Waals surface area contributed by atoms with E-state index in [9.17, 15) is 19.2 Å². The zero-order valence-electron chi connectivity index (χ0n) is 23.0. The molecule has 0 aromatic heterocycles. The van der Waals surface area contributed by atoms with E-state index in [1.54, 1.807) is 18.2 Å². The molecule has 1 aliphatic rings. The molecule has 2 aromatic rings. The van der Waals surface area contributed by atoms with Crippen molar-refractivity contribution in [1.29, 1.82) is 0 Å². The molecule has 1 saturated heterocycles. The highest BCUT2D eigenvalue weighted by molar-refractivity contribution is 6.31. The Balaban J connectivity index is 2.03. The van der Waals surface area contributed by atoms with Crippen LogP contribution in [-0.2, 0) is 49.3 Å². The third-order valence-electron chi connectivity index (χ3n) is 6.02. The van der Waals surface area contributed by atoms with Gasteiger partial charge in [0, 0.05) is 32.7 Å². The lowest BCUT2D eigenvalue weighted by atomic mass is 9.89. The van der Waals surface area contributed by atoms with E-state index in [4.69, 9.17) is 40.0 Å². The number of rotatable bonds is 10. The van der Waals surface area contributed by atoms with Crippen LogP contribution in [0, 0.1) is 0 Å². The van der Waals surface area contributed by atoms with Crippen molar-refractivity contribution in [3.63, 3.8) is 0 Å². The van der Waals surface area contributed by atoms with Gasteiger partial charge in [0.15, 0.2) is 18.3 Å². The fraction of sp³-hybridized carbons (Fsp3) is 0.448. The lowest BCUT2D eigenvalue weighted by Crippen LogP contribution is -2.59. The highest BCUT2D eigenvalue weighted by Gasteiger charge is 2.52. The summed E-state index contributed by atoms with van der Waals surface area (Å²) in [6.45, 7) is 6.94. The number of halogens is 1. The molecule has 3 rings (SSSR count). The van der Waals surface area contributed by atoms with Gasteiger partial charge in [-0.25, -0.2) is 0 Å². The highest BCUT2D eigenvalue weighted by Crippen LogP contribution is 2.39. The number of ether oxygens (including phenoxy) is 6. The SMILES string of the molecule is CCOc1ccc(Cc2cc([C@@H]3O[C@H](COC(C)=O)C(OC(C)=O)C(OC(C)=O)C3OC(C)=O)ccc2Cl)cc1. The zero-order valence-corrected chi connectivity index (χ0v) is 23.8. The summed E-state index contributed by atoms with van der Waals surface area (Å²) in [5.74, 6) is -1.89. The molecule has 0 radical (unpaired) electrons. The fourth-order valence-corrected chi connectivity index (χ4v) is 4.68. The number of hydrogen-bond acceptors (Lipinski definition) is 10. The van der Waals surface area contributed by atoms with Crippen molar-refractivity contribution in [2.45, 2.75) is 71.6 Å². The summed E-state index contributed by atoms with van der Waals surface area (Å²) in [6, 6.07) is 12.8. The van der Waals surface area contributed by atoms with E-state index in [1.165, 1.54) is 27.7 Å². The molecule has 0 spiro atoms. The van der Waals surface area contributed by atoms with Crippen LogP contribution < -0.4 is 4.74 Å². The van der Waals surface area contributed by atoms with E-state index < -0.39 is 54.4 Å². The Hall–Kier alpha value is -3.63. The summed E-state index contributed by atoms with van der Waals surface area (Å²) < 4.78 is 33.5. The first-order chi connectivity index (χ1) is 19.0. The van der Waals surface area contributed by atoms with Gasteiger partial charge in [-0.15, -0.1) is 0 Å². The van der Waals surface area contributed by atoms with Gasteiger partial charge in [0.05, 0.1) is 6.61 Å². The van der Waals surface area contributed by atoms with E-state index in [1.807, 2.05) is 31.2 Å². The summed E-state index contributed by atoms with van der Waals surface area (Å²) in [4.78, 5) is 47.8. The van der Waals surface area contributed by atoms with E-state index in [2.05, 4.69) is 0 Å². The molecule has 216 valence electrons. The molecule has 0 saturated carbocycles. The molecule has 1 aliphatic heterocycles. The Morgan fingerprint density at radius 2 is 1.40 bits per heavy atom. The van der Waals surface area contributed by atoms with Gasteiger partial charge in [0.25, 0.3) is 0 Å². The predicted octanol–water partition coefficient (Wildman–Crippen LogP) is 4.13. The summed E-state index contributed by atoms with van der Waals surface area (Å²) in [7, 11) is 0. The van der Waals surface area contributed by atoms with Gasteiger partial charge in [0.2, 0.25) is 0 Å². The largest absolute Gasteiger partial charge is 0.494 e. The Morgan fingerprint density at radius 3 is 1.98 bits per heavy atom. The van der Waals surface area contributed by atoms with Crippen LogP contribution >= 0.6 is 11.6 Å². The first kappa shape index (κ1) is 30.9. The number of carbonyl (C=O) groups is 4. The molecular weight excluding hydrogens is 544 g/mol. The third-order valence-corrected chi connectivity index (χ3v) is 6.39. The van der Waals surface area contributed by atoms with E-state index in [0.29, 0.717) is 23.6 Å². The molecule has 0 amide bonds. The van der Waals surface area contributed by atoms with Gasteiger partial charge >= 0.3 is 23.9 Å². The van der Waals surface area contributed by atoms with Gasteiger partial charge in [-0.2, -0.15) is 0 Å². The summed E-state index contributed by atoms with van der Waals surface area (Å²) in [5.41, 5.74) is 2.29. The first-order valence-electron chi connectivity index (χ1n) is 12.8. The maximum absolute atomic E-state index is 12.2. The second-order valence-electron chi connectivity index (χ2n) is 9.22. The Morgan fingerprint density at radius 1 is 0.800 bits per heavy atom. The van der Waals surface area contributed by atoms with Crippen molar-refractivity contribution in [3.8, 4) is 5.75 Å². The highest BCUT2D eigenvalue weighted by atomic mass is 35.5. The van der Waals surface area contributed by atoms with E-state index in [-0.39, 0.29) is 6.61 Å². The van der Waals surface area contributed by atoms with Gasteiger partial charge in [0.1, 0.15) is 24.6 Å². The van der Waals surface area contributed by atoms with Crippen LogP contribution in [0.4, 0.5) is 0 Å². The minimum absolute atomic E-state index is 0.305. The molecule has 40 heavy (non-hydrogen) atoms. The van der Waals surface area contributed by atoms with Crippen molar-refractivity contribution in [2.24, 2.45) is 0 Å². The molecule has 5 atom stereocenters. The normalized spacial score (nSPS) is 22.1. The van der Waals surface area contributed by atoms with Gasteiger partial charge in [-0.3, -0.25) is 19.2 Å². The summed E-state index contributed by atoms with van der Waals surface area (Å²) >= 11 is 6.54. The topological polar surface area (TPSA) is 124 Å². The molecule has 0 bridgehead atoms. The van der Waals surface area contributed by atoms with Crippen LogP contribution in [0.3, 0.4) is 0 Å². The minimum Gasteiger partial charge on any atom is -0.494 e. The van der Waals surface area contributed by atoms with Crippen LogP contribution in [0.1, 0.15) is 57.4 Å². The quantitative estimate of drug-likeness (QED) is 0.301. The lowest BCUT2D eigenvalue weighted by Gasteiger charge is -2.44. The van der Waals surface area contributed by atoms with Crippen molar-refractivity contribution in [1.82, 2.24) is 0 Å². The standard InChI is InChI=1S/C29H33ClO10/c1-6-35-23-10-7-20(8-11-23)13-22-14-21(9-12-24(22)30)26-28(38-18(4)33)29(39-19(5)34)27(37-17(3)32)25(40-26)15-36-16(2)31/h7-12,14,25-29H,6,13,15H2,1-5H3/t25-,26+,27?,28?,29?/m1/s1. The molecule has 11 heteroatoms.